The lowest BCUT2D eigenvalue weighted by Gasteiger charge is -2.12. The van der Waals surface area contributed by atoms with E-state index < -0.39 is 5.97 Å². The fraction of sp³-hybridized carbons (Fsp3) is 0.417. The van der Waals surface area contributed by atoms with Crippen LogP contribution in [0.4, 0.5) is 5.69 Å². The van der Waals surface area contributed by atoms with Gasteiger partial charge in [0.2, 0.25) is 0 Å². The van der Waals surface area contributed by atoms with Crippen molar-refractivity contribution in [2.24, 2.45) is 5.92 Å². The van der Waals surface area contributed by atoms with Gasteiger partial charge in [-0.1, -0.05) is 0 Å². The second-order valence-corrected chi connectivity index (χ2v) is 4.29. The van der Waals surface area contributed by atoms with Crippen molar-refractivity contribution in [1.29, 1.82) is 0 Å². The van der Waals surface area contributed by atoms with Crippen LogP contribution in [0.3, 0.4) is 0 Å². The van der Waals surface area contributed by atoms with Gasteiger partial charge < -0.3 is 15.6 Å². The van der Waals surface area contributed by atoms with Crippen molar-refractivity contribution in [2.75, 3.05) is 12.3 Å². The number of hydrogen-bond donors (Lipinski definition) is 2. The van der Waals surface area contributed by atoms with Crippen LogP contribution in [0.1, 0.15) is 28.8 Å². The Hall–Kier alpha value is -1.71. The van der Waals surface area contributed by atoms with Crippen molar-refractivity contribution in [1.82, 2.24) is 0 Å². The monoisotopic (exact) mass is 221 g/mol. The standard InChI is InChI=1S/C12H15NO3/c1-7-4-9(12(14)15)11(10(13)5-7)16-6-8-2-3-8/h4-5,8H,2-3,6,13H2,1H3,(H,14,15). The first-order chi connectivity index (χ1) is 7.58. The third-order valence-corrected chi connectivity index (χ3v) is 2.65. The van der Waals surface area contributed by atoms with Gasteiger partial charge in [0, 0.05) is 0 Å². The number of carbonyl (C=O) groups is 1. The molecule has 1 aromatic rings. The number of carboxylic acid groups (broad SMARTS) is 1. The van der Waals surface area contributed by atoms with Gasteiger partial charge in [-0.15, -0.1) is 0 Å². The van der Waals surface area contributed by atoms with E-state index in [4.69, 9.17) is 15.6 Å². The maximum atomic E-state index is 11.1. The largest absolute Gasteiger partial charge is 0.490 e. The Balaban J connectivity index is 2.27. The van der Waals surface area contributed by atoms with E-state index >= 15 is 0 Å². The number of aryl methyl sites for hydroxylation is 1. The van der Waals surface area contributed by atoms with E-state index in [1.807, 2.05) is 6.92 Å². The third kappa shape index (κ3) is 2.27. The molecule has 0 amide bonds. The molecule has 86 valence electrons. The van der Waals surface area contributed by atoms with Crippen molar-refractivity contribution < 1.29 is 14.6 Å². The molecule has 16 heavy (non-hydrogen) atoms. The molecule has 2 rings (SSSR count). The predicted molar refractivity (Wildman–Crippen MR) is 60.8 cm³/mol. The molecule has 4 heteroatoms. The van der Waals surface area contributed by atoms with Gasteiger partial charge in [0.15, 0.2) is 5.75 Å². The quantitative estimate of drug-likeness (QED) is 0.763. The van der Waals surface area contributed by atoms with Crippen LogP contribution in [0, 0.1) is 12.8 Å². The summed E-state index contributed by atoms with van der Waals surface area (Å²) in [6.45, 7) is 2.38. The highest BCUT2D eigenvalue weighted by Gasteiger charge is 2.24. The number of carboxylic acids is 1. The van der Waals surface area contributed by atoms with E-state index in [1.165, 1.54) is 0 Å². The maximum Gasteiger partial charge on any atom is 0.339 e. The van der Waals surface area contributed by atoms with Crippen LogP contribution in [-0.4, -0.2) is 17.7 Å². The molecule has 1 aliphatic rings. The Bertz CT molecular complexity index is 425. The highest BCUT2D eigenvalue weighted by Crippen LogP contribution is 2.33. The molecule has 3 N–H and O–H groups in total. The average Bonchev–Trinajstić information content (AvgIpc) is 2.98. The van der Waals surface area contributed by atoms with Gasteiger partial charge in [-0.3, -0.25) is 0 Å². The van der Waals surface area contributed by atoms with Gasteiger partial charge in [-0.25, -0.2) is 4.79 Å². The molecule has 1 aliphatic carbocycles. The Morgan fingerprint density at radius 2 is 2.25 bits per heavy atom. The summed E-state index contributed by atoms with van der Waals surface area (Å²) < 4.78 is 5.50. The van der Waals surface area contributed by atoms with Gasteiger partial charge >= 0.3 is 5.97 Å². The van der Waals surface area contributed by atoms with Crippen LogP contribution in [0.5, 0.6) is 5.75 Å². The third-order valence-electron chi connectivity index (χ3n) is 2.65. The van der Waals surface area contributed by atoms with E-state index in [1.54, 1.807) is 12.1 Å². The Morgan fingerprint density at radius 3 is 2.81 bits per heavy atom. The van der Waals surface area contributed by atoms with Crippen molar-refractivity contribution in [2.45, 2.75) is 19.8 Å². The Kier molecular flexibility index (Phi) is 2.73. The van der Waals surface area contributed by atoms with Crippen molar-refractivity contribution in [3.63, 3.8) is 0 Å². The molecule has 0 saturated heterocycles. The van der Waals surface area contributed by atoms with Gasteiger partial charge in [0.1, 0.15) is 5.56 Å². The summed E-state index contributed by atoms with van der Waals surface area (Å²) in [5.41, 5.74) is 7.16. The number of hydrogen-bond acceptors (Lipinski definition) is 3. The summed E-state index contributed by atoms with van der Waals surface area (Å²) >= 11 is 0. The fourth-order valence-electron chi connectivity index (χ4n) is 1.61. The zero-order chi connectivity index (χ0) is 11.7. The summed E-state index contributed by atoms with van der Waals surface area (Å²) in [5.74, 6) is -0.117. The number of aromatic carboxylic acids is 1. The van der Waals surface area contributed by atoms with Gasteiger partial charge in [-0.05, 0) is 43.4 Å². The smallest absolute Gasteiger partial charge is 0.339 e. The SMILES string of the molecule is Cc1cc(N)c(OCC2CC2)c(C(=O)O)c1. The second kappa shape index (κ2) is 4.04. The first kappa shape index (κ1) is 10.8. The van der Waals surface area contributed by atoms with E-state index in [0.717, 1.165) is 18.4 Å². The Morgan fingerprint density at radius 1 is 1.56 bits per heavy atom. The lowest BCUT2D eigenvalue weighted by atomic mass is 10.1. The van der Waals surface area contributed by atoms with Gasteiger partial charge in [0.25, 0.3) is 0 Å². The van der Waals surface area contributed by atoms with Crippen LogP contribution in [0.2, 0.25) is 0 Å². The van der Waals surface area contributed by atoms with Crippen LogP contribution < -0.4 is 10.5 Å². The average molecular weight is 221 g/mol. The van der Waals surface area contributed by atoms with Crippen LogP contribution in [-0.2, 0) is 0 Å². The molecule has 0 atom stereocenters. The summed E-state index contributed by atoms with van der Waals surface area (Å²) in [6, 6.07) is 3.32. The molecular weight excluding hydrogens is 206 g/mol. The lowest BCUT2D eigenvalue weighted by Crippen LogP contribution is -2.08. The van der Waals surface area contributed by atoms with Crippen molar-refractivity contribution >= 4 is 11.7 Å². The number of benzene rings is 1. The highest BCUT2D eigenvalue weighted by atomic mass is 16.5. The number of anilines is 1. The highest BCUT2D eigenvalue weighted by molar-refractivity contribution is 5.93. The molecule has 0 aliphatic heterocycles. The summed E-state index contributed by atoms with van der Waals surface area (Å²) in [6.07, 6.45) is 2.32. The molecule has 0 aromatic heterocycles. The predicted octanol–water partition coefficient (Wildman–Crippen LogP) is 2.06. The van der Waals surface area contributed by atoms with Crippen LogP contribution in [0.25, 0.3) is 0 Å². The number of ether oxygens (including phenoxy) is 1. The fourth-order valence-corrected chi connectivity index (χ4v) is 1.61. The molecule has 0 radical (unpaired) electrons. The molecule has 1 aromatic carbocycles. The minimum Gasteiger partial charge on any atom is -0.490 e. The lowest BCUT2D eigenvalue weighted by molar-refractivity contribution is 0.0692. The summed E-state index contributed by atoms with van der Waals surface area (Å²) in [7, 11) is 0. The number of nitrogen functional groups attached to an aromatic ring is 1. The summed E-state index contributed by atoms with van der Waals surface area (Å²) in [5, 5.41) is 9.06. The minimum atomic E-state index is -0.999. The van der Waals surface area contributed by atoms with Gasteiger partial charge in [0.05, 0.1) is 12.3 Å². The van der Waals surface area contributed by atoms with E-state index in [0.29, 0.717) is 24.0 Å². The zero-order valence-corrected chi connectivity index (χ0v) is 9.19. The molecule has 1 saturated carbocycles. The second-order valence-electron chi connectivity index (χ2n) is 4.29. The van der Waals surface area contributed by atoms with Crippen LogP contribution >= 0.6 is 0 Å². The van der Waals surface area contributed by atoms with Crippen molar-refractivity contribution in [3.05, 3.63) is 23.3 Å². The van der Waals surface area contributed by atoms with E-state index in [-0.39, 0.29) is 5.56 Å². The number of rotatable bonds is 4. The maximum absolute atomic E-state index is 11.1. The van der Waals surface area contributed by atoms with Gasteiger partial charge in [-0.2, -0.15) is 0 Å². The topological polar surface area (TPSA) is 72.5 Å². The molecular formula is C12H15NO3. The molecule has 1 fully saturated rings. The first-order valence-electron chi connectivity index (χ1n) is 5.34. The minimum absolute atomic E-state index is 0.151. The molecule has 0 bridgehead atoms. The van der Waals surface area contributed by atoms with E-state index in [2.05, 4.69) is 0 Å². The molecule has 0 unspecified atom stereocenters. The first-order valence-corrected chi connectivity index (χ1v) is 5.34. The molecule has 0 spiro atoms. The summed E-state index contributed by atoms with van der Waals surface area (Å²) in [4.78, 5) is 11.1. The van der Waals surface area contributed by atoms with E-state index in [9.17, 15) is 4.79 Å². The zero-order valence-electron chi connectivity index (χ0n) is 9.19. The molecule has 4 nitrogen and oxygen atoms in total. The normalized spacial score (nSPS) is 14.8. The molecule has 0 heterocycles. The Labute approximate surface area is 94.0 Å². The number of nitrogens with two attached hydrogens (primary N) is 1. The van der Waals surface area contributed by atoms with Crippen molar-refractivity contribution in [3.8, 4) is 5.75 Å². The van der Waals surface area contributed by atoms with Crippen LogP contribution in [0.15, 0.2) is 12.1 Å².